The molecule has 0 atom stereocenters. The first kappa shape index (κ1) is 25.2. The third-order valence-electron chi connectivity index (χ3n) is 6.08. The Balaban J connectivity index is 1.53. The van der Waals surface area contributed by atoms with E-state index in [2.05, 4.69) is 15.3 Å². The number of hydrogen-bond acceptors (Lipinski definition) is 3. The average molecular weight is 525 g/mol. The summed E-state index contributed by atoms with van der Waals surface area (Å²) in [5.74, 6) is -12.3. The summed E-state index contributed by atoms with van der Waals surface area (Å²) >= 11 is 0. The summed E-state index contributed by atoms with van der Waals surface area (Å²) in [6.45, 7) is 0. The first-order valence-corrected chi connectivity index (χ1v) is 11.5. The van der Waals surface area contributed by atoms with Crippen molar-refractivity contribution in [1.29, 1.82) is 0 Å². The topological polar surface area (TPSA) is 54.9 Å². The van der Waals surface area contributed by atoms with Gasteiger partial charge in [0.1, 0.15) is 11.5 Å². The lowest BCUT2D eigenvalue weighted by Gasteiger charge is -2.20. The monoisotopic (exact) mass is 525 g/mol. The molecule has 1 N–H and O–H groups in total. The fraction of sp³-hybridized carbons (Fsp3) is 0.107. The standard InChI is InChI=1S/C28H17F6N3O/c29-16-8-9-17-15(12-16)7-11-19-27(17)35-20(10-6-14-4-2-1-3-5-14)28(36-19)37-21(38)13-18-22(30)24(32)26(34)25(33)23(18)31/h1-6,8-10,12H,7,11,13H2,(H,36,37,38)/b10-6+. The van der Waals surface area contributed by atoms with Crippen LogP contribution in [0.4, 0.5) is 32.2 Å². The normalized spacial score (nSPS) is 12.4. The second-order valence-corrected chi connectivity index (χ2v) is 8.57. The summed E-state index contributed by atoms with van der Waals surface area (Å²) in [6, 6.07) is 13.4. The molecule has 0 radical (unpaired) electrons. The molecule has 1 aliphatic rings. The van der Waals surface area contributed by atoms with Gasteiger partial charge in [-0.3, -0.25) is 4.79 Å². The van der Waals surface area contributed by atoms with Gasteiger partial charge in [-0.15, -0.1) is 0 Å². The van der Waals surface area contributed by atoms with Gasteiger partial charge in [-0.1, -0.05) is 36.4 Å². The van der Waals surface area contributed by atoms with Gasteiger partial charge in [0, 0.05) is 11.1 Å². The molecule has 5 rings (SSSR count). The number of anilines is 1. The third-order valence-corrected chi connectivity index (χ3v) is 6.08. The molecule has 0 saturated carbocycles. The molecule has 192 valence electrons. The number of benzene rings is 3. The number of halogens is 6. The molecule has 4 nitrogen and oxygen atoms in total. The predicted molar refractivity (Wildman–Crippen MR) is 129 cm³/mol. The second-order valence-electron chi connectivity index (χ2n) is 8.57. The highest BCUT2D eigenvalue weighted by molar-refractivity contribution is 5.94. The van der Waals surface area contributed by atoms with Crippen molar-refractivity contribution in [3.05, 3.63) is 112 Å². The fourth-order valence-electron chi connectivity index (χ4n) is 4.22. The molecule has 0 aliphatic heterocycles. The highest BCUT2D eigenvalue weighted by Gasteiger charge is 2.28. The quantitative estimate of drug-likeness (QED) is 0.186. The smallest absolute Gasteiger partial charge is 0.230 e. The van der Waals surface area contributed by atoms with Gasteiger partial charge < -0.3 is 5.32 Å². The van der Waals surface area contributed by atoms with Crippen LogP contribution in [0.5, 0.6) is 0 Å². The number of carbonyl (C=O) groups is 1. The number of aromatic nitrogens is 2. The van der Waals surface area contributed by atoms with Crippen LogP contribution >= 0.6 is 0 Å². The van der Waals surface area contributed by atoms with E-state index in [-0.39, 0.29) is 17.3 Å². The number of fused-ring (bicyclic) bond motifs is 3. The van der Waals surface area contributed by atoms with Crippen molar-refractivity contribution >= 4 is 23.9 Å². The molecule has 0 unspecified atom stereocenters. The van der Waals surface area contributed by atoms with E-state index in [1.54, 1.807) is 18.2 Å². The molecule has 38 heavy (non-hydrogen) atoms. The molecule has 1 amide bonds. The van der Waals surface area contributed by atoms with E-state index >= 15 is 0 Å². The fourth-order valence-corrected chi connectivity index (χ4v) is 4.22. The van der Waals surface area contributed by atoms with Crippen molar-refractivity contribution in [3.63, 3.8) is 0 Å². The Hall–Kier alpha value is -4.47. The molecule has 1 heterocycles. The Morgan fingerprint density at radius 1 is 0.816 bits per heavy atom. The summed E-state index contributed by atoms with van der Waals surface area (Å²) in [5, 5.41) is 2.39. The predicted octanol–water partition coefficient (Wildman–Crippen LogP) is 6.43. The first-order valence-electron chi connectivity index (χ1n) is 11.5. The summed E-state index contributed by atoms with van der Waals surface area (Å²) in [5.41, 5.74) is 2.11. The van der Waals surface area contributed by atoms with E-state index < -0.39 is 47.0 Å². The lowest BCUT2D eigenvalue weighted by Crippen LogP contribution is -2.21. The summed E-state index contributed by atoms with van der Waals surface area (Å²) in [6.07, 6.45) is 2.97. The van der Waals surface area contributed by atoms with Crippen molar-refractivity contribution in [1.82, 2.24) is 9.97 Å². The number of nitrogens with zero attached hydrogens (tertiary/aromatic N) is 2. The minimum atomic E-state index is -2.31. The van der Waals surface area contributed by atoms with E-state index in [0.717, 1.165) is 11.1 Å². The van der Waals surface area contributed by atoms with Crippen LogP contribution in [0.3, 0.4) is 0 Å². The molecule has 1 aromatic heterocycles. The van der Waals surface area contributed by atoms with Gasteiger partial charge in [0.2, 0.25) is 11.7 Å². The molecule has 4 aromatic rings. The minimum absolute atomic E-state index is 0.0598. The zero-order valence-electron chi connectivity index (χ0n) is 19.5. The number of carbonyl (C=O) groups excluding carboxylic acids is 1. The Morgan fingerprint density at radius 2 is 1.50 bits per heavy atom. The van der Waals surface area contributed by atoms with Gasteiger partial charge in [-0.25, -0.2) is 36.3 Å². The van der Waals surface area contributed by atoms with Crippen LogP contribution in [0.25, 0.3) is 23.4 Å². The number of amides is 1. The summed E-state index contributed by atoms with van der Waals surface area (Å²) < 4.78 is 82.5. The third kappa shape index (κ3) is 4.77. The Labute approximate surface area is 212 Å². The highest BCUT2D eigenvalue weighted by Crippen LogP contribution is 2.34. The van der Waals surface area contributed by atoms with Crippen LogP contribution in [0.15, 0.2) is 48.5 Å². The number of nitrogens with one attached hydrogen (secondary N) is 1. The molecule has 0 fully saturated rings. The van der Waals surface area contributed by atoms with Gasteiger partial charge >= 0.3 is 0 Å². The zero-order valence-corrected chi connectivity index (χ0v) is 19.5. The number of aryl methyl sites for hydroxylation is 2. The van der Waals surface area contributed by atoms with Crippen molar-refractivity contribution in [2.24, 2.45) is 0 Å². The van der Waals surface area contributed by atoms with Gasteiger partial charge in [0.05, 0.1) is 17.8 Å². The van der Waals surface area contributed by atoms with E-state index in [1.165, 1.54) is 12.1 Å². The van der Waals surface area contributed by atoms with Crippen LogP contribution in [0.2, 0.25) is 0 Å². The van der Waals surface area contributed by atoms with E-state index in [0.29, 0.717) is 29.8 Å². The molecule has 3 aromatic carbocycles. The molecular formula is C28H17F6N3O. The number of hydrogen-bond donors (Lipinski definition) is 1. The van der Waals surface area contributed by atoms with E-state index in [1.807, 2.05) is 30.3 Å². The van der Waals surface area contributed by atoms with Crippen molar-refractivity contribution in [3.8, 4) is 11.3 Å². The highest BCUT2D eigenvalue weighted by atomic mass is 19.2. The molecular weight excluding hydrogens is 508 g/mol. The van der Waals surface area contributed by atoms with E-state index in [9.17, 15) is 31.1 Å². The Kier molecular flexibility index (Phi) is 6.71. The maximum atomic E-state index is 14.1. The first-order chi connectivity index (χ1) is 18.2. The van der Waals surface area contributed by atoms with Crippen molar-refractivity contribution in [2.45, 2.75) is 19.3 Å². The molecule has 10 heteroatoms. The van der Waals surface area contributed by atoms with Crippen LogP contribution in [0.1, 0.15) is 28.1 Å². The van der Waals surface area contributed by atoms with Crippen LogP contribution < -0.4 is 5.32 Å². The van der Waals surface area contributed by atoms with Crippen LogP contribution in [-0.4, -0.2) is 15.9 Å². The average Bonchev–Trinajstić information content (AvgIpc) is 2.92. The Bertz CT molecular complexity index is 1580. The Morgan fingerprint density at radius 3 is 2.21 bits per heavy atom. The zero-order chi connectivity index (χ0) is 27.0. The number of rotatable bonds is 5. The SMILES string of the molecule is O=C(Cc1c(F)c(F)c(F)c(F)c1F)Nc1nc2c(nc1/C=C/c1ccccc1)-c1ccc(F)cc1CC2. The van der Waals surface area contributed by atoms with Gasteiger partial charge in [-0.05, 0) is 48.2 Å². The van der Waals surface area contributed by atoms with Gasteiger partial charge in [-0.2, -0.15) is 0 Å². The molecule has 0 saturated heterocycles. The molecule has 1 aliphatic carbocycles. The van der Waals surface area contributed by atoms with E-state index in [4.69, 9.17) is 0 Å². The van der Waals surface area contributed by atoms with Gasteiger partial charge in [0.15, 0.2) is 29.1 Å². The minimum Gasteiger partial charge on any atom is -0.309 e. The summed E-state index contributed by atoms with van der Waals surface area (Å²) in [7, 11) is 0. The lowest BCUT2D eigenvalue weighted by molar-refractivity contribution is -0.115. The maximum absolute atomic E-state index is 14.1. The van der Waals surface area contributed by atoms with Crippen molar-refractivity contribution < 1.29 is 31.1 Å². The van der Waals surface area contributed by atoms with Crippen LogP contribution in [0, 0.1) is 34.9 Å². The second kappa shape index (κ2) is 10.1. The van der Waals surface area contributed by atoms with Crippen LogP contribution in [-0.2, 0) is 24.1 Å². The summed E-state index contributed by atoms with van der Waals surface area (Å²) in [4.78, 5) is 21.8. The molecule has 0 spiro atoms. The lowest BCUT2D eigenvalue weighted by atomic mass is 9.91. The maximum Gasteiger partial charge on any atom is 0.230 e. The molecule has 0 bridgehead atoms. The van der Waals surface area contributed by atoms with Gasteiger partial charge in [0.25, 0.3) is 0 Å². The largest absolute Gasteiger partial charge is 0.309 e. The van der Waals surface area contributed by atoms with Crippen molar-refractivity contribution in [2.75, 3.05) is 5.32 Å².